The highest BCUT2D eigenvalue weighted by Gasteiger charge is 2.32. The summed E-state index contributed by atoms with van der Waals surface area (Å²) in [4.78, 5) is 32.0. The monoisotopic (exact) mass is 399 g/mol. The number of hydrogen-bond acceptors (Lipinski definition) is 3. The Labute approximate surface area is 160 Å². The first kappa shape index (κ1) is 21.5. The van der Waals surface area contributed by atoms with Crippen LogP contribution in [0.3, 0.4) is 0 Å². The van der Waals surface area contributed by atoms with Crippen LogP contribution in [-0.2, 0) is 14.8 Å². The van der Waals surface area contributed by atoms with Gasteiger partial charge in [-0.3, -0.25) is 9.36 Å². The van der Waals surface area contributed by atoms with Crippen LogP contribution < -0.4 is 4.90 Å². The first-order chi connectivity index (χ1) is 12.1. The van der Waals surface area contributed by atoms with Gasteiger partial charge in [-0.2, -0.15) is 11.8 Å². The lowest BCUT2D eigenvalue weighted by molar-refractivity contribution is -0.117. The van der Waals surface area contributed by atoms with Crippen molar-refractivity contribution in [2.24, 2.45) is 0 Å². The Kier molecular flexibility index (Phi) is 7.37. The second-order valence-corrected chi connectivity index (χ2v) is 10.8. The molecule has 5 nitrogen and oxygen atoms in total. The zero-order valence-corrected chi connectivity index (χ0v) is 17.6. The van der Waals surface area contributed by atoms with Gasteiger partial charge in [-0.1, -0.05) is 32.9 Å². The van der Waals surface area contributed by atoms with Crippen molar-refractivity contribution in [1.29, 1.82) is 0 Å². The average molecular weight is 399 g/mol. The average Bonchev–Trinajstić information content (AvgIpc) is 2.90. The van der Waals surface area contributed by atoms with Crippen LogP contribution in [0.4, 0.5) is 5.69 Å². The van der Waals surface area contributed by atoms with E-state index in [-0.39, 0.29) is 23.5 Å². The molecule has 1 atom stereocenters. The van der Waals surface area contributed by atoms with Crippen molar-refractivity contribution in [3.8, 4) is 0 Å². The highest BCUT2D eigenvalue weighted by Crippen LogP contribution is 2.35. The maximum atomic E-state index is 12.3. The molecule has 26 heavy (non-hydrogen) atoms. The van der Waals surface area contributed by atoms with E-state index in [0.717, 1.165) is 30.0 Å². The van der Waals surface area contributed by atoms with Crippen molar-refractivity contribution < 1.29 is 19.1 Å². The summed E-state index contributed by atoms with van der Waals surface area (Å²) in [6.45, 7) is 6.53. The van der Waals surface area contributed by atoms with E-state index in [1.165, 1.54) is 5.56 Å². The second-order valence-electron chi connectivity index (χ2n) is 7.92. The number of carbonyl (C=O) groups is 1. The third-order valence-electron chi connectivity index (χ3n) is 4.64. The summed E-state index contributed by atoms with van der Waals surface area (Å²) >= 11 is 1.76. The molecular formula is C19H30NO4PS. The molecule has 0 aliphatic carbocycles. The Morgan fingerprint density at radius 3 is 2.42 bits per heavy atom. The van der Waals surface area contributed by atoms with Crippen molar-refractivity contribution in [3.63, 3.8) is 0 Å². The van der Waals surface area contributed by atoms with Gasteiger partial charge in [0.25, 0.3) is 0 Å². The predicted molar refractivity (Wildman–Crippen MR) is 109 cm³/mol. The number of carbonyl (C=O) groups excluding carboxylic acids is 1. The number of thioether (sulfide) groups is 1. The molecule has 1 aliphatic rings. The first-order valence-corrected chi connectivity index (χ1v) is 12.1. The molecular weight excluding hydrogens is 369 g/mol. The molecule has 2 N–H and O–H groups in total. The van der Waals surface area contributed by atoms with Gasteiger partial charge in [0.15, 0.2) is 0 Å². The van der Waals surface area contributed by atoms with Gasteiger partial charge in [0.1, 0.15) is 0 Å². The van der Waals surface area contributed by atoms with Gasteiger partial charge < -0.3 is 14.7 Å². The summed E-state index contributed by atoms with van der Waals surface area (Å²) in [6, 6.07) is 8.50. The Bertz CT molecular complexity index is 650. The molecule has 0 aromatic heterocycles. The van der Waals surface area contributed by atoms with Crippen LogP contribution in [0.25, 0.3) is 0 Å². The summed E-state index contributed by atoms with van der Waals surface area (Å²) < 4.78 is 10.8. The lowest BCUT2D eigenvalue weighted by Crippen LogP contribution is -2.34. The molecule has 7 heteroatoms. The van der Waals surface area contributed by atoms with Crippen LogP contribution in [0.2, 0.25) is 0 Å². The quantitative estimate of drug-likeness (QED) is 0.507. The van der Waals surface area contributed by atoms with Crippen LogP contribution >= 0.6 is 19.4 Å². The molecule has 1 heterocycles. The number of anilines is 1. The summed E-state index contributed by atoms with van der Waals surface area (Å²) in [6.07, 6.45) is 2.75. The number of rotatable bonds is 8. The van der Waals surface area contributed by atoms with Crippen molar-refractivity contribution >= 4 is 31.0 Å². The minimum absolute atomic E-state index is 0.0400. The smallest absolute Gasteiger partial charge is 0.324 e. The molecule has 1 amide bonds. The van der Waals surface area contributed by atoms with Gasteiger partial charge >= 0.3 is 7.60 Å². The van der Waals surface area contributed by atoms with E-state index < -0.39 is 7.60 Å². The van der Waals surface area contributed by atoms with Gasteiger partial charge in [-0.25, -0.2) is 0 Å². The minimum Gasteiger partial charge on any atom is -0.324 e. The predicted octanol–water partition coefficient (Wildman–Crippen LogP) is 4.17. The molecule has 1 aliphatic heterocycles. The van der Waals surface area contributed by atoms with Gasteiger partial charge in [0.05, 0.1) is 0 Å². The van der Waals surface area contributed by atoms with E-state index in [0.29, 0.717) is 12.8 Å². The van der Waals surface area contributed by atoms with Crippen LogP contribution in [-0.4, -0.2) is 39.4 Å². The molecule has 0 radical (unpaired) electrons. The Balaban J connectivity index is 1.87. The lowest BCUT2D eigenvalue weighted by atomic mass is 9.87. The van der Waals surface area contributed by atoms with Crippen molar-refractivity contribution in [2.45, 2.75) is 57.9 Å². The molecule has 1 aromatic rings. The number of hydrogen-bond donors (Lipinski definition) is 2. The van der Waals surface area contributed by atoms with Crippen LogP contribution in [0.5, 0.6) is 0 Å². The Morgan fingerprint density at radius 1 is 1.19 bits per heavy atom. The molecule has 146 valence electrons. The summed E-state index contributed by atoms with van der Waals surface area (Å²) in [5, 5.41) is 0. The maximum Gasteiger partial charge on any atom is 0.325 e. The van der Waals surface area contributed by atoms with E-state index in [9.17, 15) is 9.36 Å². The molecule has 0 unspecified atom stereocenters. The minimum atomic E-state index is -3.87. The fourth-order valence-corrected chi connectivity index (χ4v) is 4.92. The van der Waals surface area contributed by atoms with Crippen LogP contribution in [0.1, 0.15) is 52.0 Å². The normalized spacial score (nSPS) is 18.6. The first-order valence-electron chi connectivity index (χ1n) is 9.13. The number of unbranched alkanes of at least 4 members (excludes halogenated alkanes) is 1. The number of benzene rings is 1. The standard InChI is InChI=1S/C19H30NO4PS/c1-19(2,3)15-6-8-16(9-7-15)20-17(10-11-18(20)21)14-26-13-5-4-12-25(22,23)24/h6-9,17H,4-5,10-14H2,1-3H3,(H2,22,23,24)/t17-/m0/s1. The second kappa shape index (κ2) is 8.92. The van der Waals surface area contributed by atoms with Gasteiger partial charge in [0, 0.05) is 30.1 Å². The van der Waals surface area contributed by atoms with Gasteiger partial charge in [0.2, 0.25) is 5.91 Å². The number of amides is 1. The van der Waals surface area contributed by atoms with Gasteiger partial charge in [-0.15, -0.1) is 0 Å². The summed E-state index contributed by atoms with van der Waals surface area (Å²) in [5.41, 5.74) is 2.31. The fourth-order valence-electron chi connectivity index (χ4n) is 3.12. The highest BCUT2D eigenvalue weighted by molar-refractivity contribution is 7.99. The SMILES string of the molecule is CC(C)(C)c1ccc(N2C(=O)CC[C@H]2CSCCCCP(=O)(O)O)cc1. The highest BCUT2D eigenvalue weighted by atomic mass is 32.2. The third-order valence-corrected chi connectivity index (χ3v) is 6.73. The summed E-state index contributed by atoms with van der Waals surface area (Å²) in [7, 11) is -3.87. The Hall–Kier alpha value is -0.810. The molecule has 1 aromatic carbocycles. The van der Waals surface area contributed by atoms with Crippen LogP contribution in [0.15, 0.2) is 24.3 Å². The van der Waals surface area contributed by atoms with E-state index in [2.05, 4.69) is 32.9 Å². The molecule has 2 rings (SSSR count). The summed E-state index contributed by atoms with van der Waals surface area (Å²) in [5.74, 6) is 1.91. The van der Waals surface area contributed by atoms with E-state index in [1.54, 1.807) is 11.8 Å². The maximum absolute atomic E-state index is 12.3. The molecule has 0 bridgehead atoms. The van der Waals surface area contributed by atoms with E-state index >= 15 is 0 Å². The molecule has 0 spiro atoms. The third kappa shape index (κ3) is 6.41. The zero-order chi connectivity index (χ0) is 19.4. The lowest BCUT2D eigenvalue weighted by Gasteiger charge is -2.26. The van der Waals surface area contributed by atoms with E-state index in [1.807, 2.05) is 17.0 Å². The zero-order valence-electron chi connectivity index (χ0n) is 15.9. The van der Waals surface area contributed by atoms with Crippen molar-refractivity contribution in [1.82, 2.24) is 0 Å². The molecule has 1 fully saturated rings. The Morgan fingerprint density at radius 2 is 1.85 bits per heavy atom. The van der Waals surface area contributed by atoms with Crippen molar-refractivity contribution in [3.05, 3.63) is 29.8 Å². The molecule has 1 saturated heterocycles. The van der Waals surface area contributed by atoms with Crippen LogP contribution in [0, 0.1) is 0 Å². The number of nitrogens with zero attached hydrogens (tertiary/aromatic N) is 1. The molecule has 0 saturated carbocycles. The largest absolute Gasteiger partial charge is 0.325 e. The fraction of sp³-hybridized carbons (Fsp3) is 0.632. The van der Waals surface area contributed by atoms with Gasteiger partial charge in [-0.05, 0) is 48.1 Å². The topological polar surface area (TPSA) is 77.8 Å². The van der Waals surface area contributed by atoms with Crippen molar-refractivity contribution in [2.75, 3.05) is 22.6 Å². The van der Waals surface area contributed by atoms with E-state index in [4.69, 9.17) is 9.79 Å².